The molecule has 0 aliphatic heterocycles. The van der Waals surface area contributed by atoms with E-state index < -0.39 is 21.7 Å². The minimum absolute atomic E-state index is 0.0178. The SMILES string of the molecule is COc1cc(N(C=O)S(=O)(=O)c2ccccc2NCc2c(F)cc(F)cc2Cl)ccn1. The van der Waals surface area contributed by atoms with Crippen LogP contribution in [0.25, 0.3) is 0 Å². The summed E-state index contributed by atoms with van der Waals surface area (Å²) in [6, 6.07) is 10.0. The van der Waals surface area contributed by atoms with E-state index in [2.05, 4.69) is 10.3 Å². The summed E-state index contributed by atoms with van der Waals surface area (Å²) in [7, 11) is -3.01. The number of aromatic nitrogens is 1. The Labute approximate surface area is 182 Å². The summed E-state index contributed by atoms with van der Waals surface area (Å²) >= 11 is 5.90. The van der Waals surface area contributed by atoms with Gasteiger partial charge in [-0.2, -0.15) is 0 Å². The second-order valence-electron chi connectivity index (χ2n) is 6.16. The van der Waals surface area contributed by atoms with E-state index in [9.17, 15) is 22.0 Å². The molecule has 1 aromatic heterocycles. The Kier molecular flexibility index (Phi) is 6.71. The van der Waals surface area contributed by atoms with Gasteiger partial charge in [-0.15, -0.1) is 0 Å². The number of sulfonamides is 1. The maximum atomic E-state index is 14.1. The molecular weight excluding hydrogens is 452 g/mol. The van der Waals surface area contributed by atoms with Crippen molar-refractivity contribution in [2.75, 3.05) is 16.7 Å². The molecule has 1 heterocycles. The largest absolute Gasteiger partial charge is 0.481 e. The van der Waals surface area contributed by atoms with Crippen LogP contribution in [0.1, 0.15) is 5.56 Å². The molecule has 0 saturated carbocycles. The number of anilines is 2. The molecule has 0 fully saturated rings. The molecular formula is C20H16ClF2N3O4S. The van der Waals surface area contributed by atoms with Crippen molar-refractivity contribution in [3.05, 3.63) is 76.9 Å². The number of hydrogen-bond acceptors (Lipinski definition) is 6. The standard InChI is InChI=1S/C20H16ClF2N3O4S/c1-30-20-10-14(6-7-24-20)26(12-27)31(28,29)19-5-3-2-4-18(19)25-11-15-16(21)8-13(22)9-17(15)23/h2-10,12,25H,11H2,1H3. The number of pyridine rings is 1. The number of rotatable bonds is 8. The molecule has 1 amide bonds. The highest BCUT2D eigenvalue weighted by Crippen LogP contribution is 2.30. The van der Waals surface area contributed by atoms with Crippen molar-refractivity contribution >= 4 is 39.4 Å². The van der Waals surface area contributed by atoms with Gasteiger partial charge in [0.05, 0.1) is 23.5 Å². The number of hydrogen-bond donors (Lipinski definition) is 1. The highest BCUT2D eigenvalue weighted by molar-refractivity contribution is 7.93. The van der Waals surface area contributed by atoms with Gasteiger partial charge in [0.2, 0.25) is 12.3 Å². The van der Waals surface area contributed by atoms with E-state index in [4.69, 9.17) is 16.3 Å². The minimum atomic E-state index is -4.36. The van der Waals surface area contributed by atoms with Gasteiger partial charge in [-0.25, -0.2) is 26.5 Å². The average Bonchev–Trinajstić information content (AvgIpc) is 2.73. The first-order chi connectivity index (χ1) is 14.8. The number of halogens is 3. The van der Waals surface area contributed by atoms with Crippen molar-refractivity contribution < 1.29 is 26.7 Å². The van der Waals surface area contributed by atoms with Crippen molar-refractivity contribution in [2.45, 2.75) is 11.4 Å². The molecule has 0 atom stereocenters. The maximum Gasteiger partial charge on any atom is 0.272 e. The zero-order valence-corrected chi connectivity index (χ0v) is 17.6. The van der Waals surface area contributed by atoms with Crippen molar-refractivity contribution in [3.8, 4) is 5.88 Å². The summed E-state index contributed by atoms with van der Waals surface area (Å²) in [6.07, 6.45) is 1.45. The number of ether oxygens (including phenoxy) is 1. The third kappa shape index (κ3) is 4.75. The van der Waals surface area contributed by atoms with Crippen LogP contribution in [0.5, 0.6) is 5.88 Å². The Morgan fingerprint density at radius 3 is 2.61 bits per heavy atom. The Balaban J connectivity index is 1.97. The fraction of sp³-hybridized carbons (Fsp3) is 0.100. The fourth-order valence-corrected chi connectivity index (χ4v) is 4.42. The van der Waals surface area contributed by atoms with Crippen LogP contribution >= 0.6 is 11.6 Å². The van der Waals surface area contributed by atoms with Crippen molar-refractivity contribution in [3.63, 3.8) is 0 Å². The van der Waals surface area contributed by atoms with Gasteiger partial charge in [0, 0.05) is 30.4 Å². The molecule has 11 heteroatoms. The van der Waals surface area contributed by atoms with Gasteiger partial charge in [0.15, 0.2) is 0 Å². The molecule has 0 saturated heterocycles. The number of amides is 1. The molecule has 0 aliphatic carbocycles. The lowest BCUT2D eigenvalue weighted by Gasteiger charge is -2.20. The summed E-state index contributed by atoms with van der Waals surface area (Å²) in [6.45, 7) is -0.221. The van der Waals surface area contributed by atoms with Gasteiger partial charge in [0.25, 0.3) is 10.0 Å². The fourth-order valence-electron chi connectivity index (χ4n) is 2.77. The number of methoxy groups -OCH3 is 1. The Bertz CT molecular complexity index is 1200. The summed E-state index contributed by atoms with van der Waals surface area (Å²) in [5.41, 5.74) is 0.0702. The monoisotopic (exact) mass is 467 g/mol. The molecule has 3 aromatic rings. The van der Waals surface area contributed by atoms with E-state index in [0.717, 1.165) is 6.07 Å². The summed E-state index contributed by atoms with van der Waals surface area (Å²) in [4.78, 5) is 15.3. The molecule has 162 valence electrons. The first-order valence-electron chi connectivity index (χ1n) is 8.74. The van der Waals surface area contributed by atoms with E-state index in [1.54, 1.807) is 6.07 Å². The van der Waals surface area contributed by atoms with Crippen LogP contribution in [-0.2, 0) is 21.4 Å². The summed E-state index contributed by atoms with van der Waals surface area (Å²) in [5, 5.41) is 2.63. The highest BCUT2D eigenvalue weighted by Gasteiger charge is 2.28. The first-order valence-corrected chi connectivity index (χ1v) is 10.6. The number of carbonyl (C=O) groups is 1. The minimum Gasteiger partial charge on any atom is -0.481 e. The normalized spacial score (nSPS) is 11.1. The molecule has 2 aromatic carbocycles. The van der Waals surface area contributed by atoms with Gasteiger partial charge in [-0.05, 0) is 24.3 Å². The van der Waals surface area contributed by atoms with Crippen LogP contribution in [-0.4, -0.2) is 26.9 Å². The topological polar surface area (TPSA) is 88.6 Å². The van der Waals surface area contributed by atoms with Gasteiger partial charge in [-0.3, -0.25) is 4.79 Å². The molecule has 31 heavy (non-hydrogen) atoms. The third-order valence-corrected chi connectivity index (χ3v) is 6.33. The van der Waals surface area contributed by atoms with Crippen LogP contribution < -0.4 is 14.4 Å². The highest BCUT2D eigenvalue weighted by atomic mass is 35.5. The van der Waals surface area contributed by atoms with Gasteiger partial charge < -0.3 is 10.1 Å². The van der Waals surface area contributed by atoms with E-state index in [1.165, 1.54) is 43.6 Å². The van der Waals surface area contributed by atoms with E-state index >= 15 is 0 Å². The average molecular weight is 468 g/mol. The third-order valence-electron chi connectivity index (χ3n) is 4.26. The Morgan fingerprint density at radius 2 is 1.94 bits per heavy atom. The number of nitrogens with zero attached hydrogens (tertiary/aromatic N) is 2. The lowest BCUT2D eigenvalue weighted by Crippen LogP contribution is -2.30. The molecule has 0 radical (unpaired) electrons. The maximum absolute atomic E-state index is 14.1. The predicted octanol–water partition coefficient (Wildman–Crippen LogP) is 3.99. The zero-order valence-electron chi connectivity index (χ0n) is 16.1. The number of benzene rings is 2. The molecule has 0 bridgehead atoms. The van der Waals surface area contributed by atoms with Gasteiger partial charge >= 0.3 is 0 Å². The second-order valence-corrected chi connectivity index (χ2v) is 8.35. The van der Waals surface area contributed by atoms with E-state index in [0.29, 0.717) is 10.4 Å². The lowest BCUT2D eigenvalue weighted by molar-refractivity contribution is -0.106. The second kappa shape index (κ2) is 9.27. The molecule has 0 aliphatic rings. The predicted molar refractivity (Wildman–Crippen MR) is 112 cm³/mol. The Morgan fingerprint density at radius 1 is 1.19 bits per heavy atom. The molecule has 7 nitrogen and oxygen atoms in total. The summed E-state index contributed by atoms with van der Waals surface area (Å²) < 4.78 is 59.3. The number of nitrogens with one attached hydrogen (secondary N) is 1. The summed E-state index contributed by atoms with van der Waals surface area (Å²) in [5.74, 6) is -1.59. The lowest BCUT2D eigenvalue weighted by atomic mass is 10.2. The van der Waals surface area contributed by atoms with Gasteiger partial charge in [-0.1, -0.05) is 23.7 Å². The number of para-hydroxylation sites is 1. The molecule has 0 spiro atoms. The smallest absolute Gasteiger partial charge is 0.272 e. The van der Waals surface area contributed by atoms with Crippen molar-refractivity contribution in [1.29, 1.82) is 0 Å². The van der Waals surface area contributed by atoms with Gasteiger partial charge in [0.1, 0.15) is 16.5 Å². The van der Waals surface area contributed by atoms with Crippen LogP contribution in [0.2, 0.25) is 5.02 Å². The van der Waals surface area contributed by atoms with Crippen molar-refractivity contribution in [2.24, 2.45) is 0 Å². The van der Waals surface area contributed by atoms with Crippen LogP contribution in [0.15, 0.2) is 59.6 Å². The van der Waals surface area contributed by atoms with Crippen LogP contribution in [0, 0.1) is 11.6 Å². The van der Waals surface area contributed by atoms with E-state index in [-0.39, 0.29) is 45.7 Å². The van der Waals surface area contributed by atoms with Crippen LogP contribution in [0.4, 0.5) is 20.2 Å². The van der Waals surface area contributed by atoms with E-state index in [1.807, 2.05) is 0 Å². The first kappa shape index (κ1) is 22.4. The quantitative estimate of drug-likeness (QED) is 0.504. The molecule has 0 unspecified atom stereocenters. The van der Waals surface area contributed by atoms with Crippen molar-refractivity contribution in [1.82, 2.24) is 4.98 Å². The zero-order chi connectivity index (χ0) is 22.6. The number of carbonyl (C=O) groups excluding carboxylic acids is 1. The Hall–Kier alpha value is -3.24. The molecule has 1 N–H and O–H groups in total. The van der Waals surface area contributed by atoms with Crippen LogP contribution in [0.3, 0.4) is 0 Å². The molecule has 3 rings (SSSR count).